The van der Waals surface area contributed by atoms with E-state index in [2.05, 4.69) is 41.9 Å². The lowest BCUT2D eigenvalue weighted by molar-refractivity contribution is -0.907. The minimum atomic E-state index is -0.180. The second kappa shape index (κ2) is 8.53. The summed E-state index contributed by atoms with van der Waals surface area (Å²) in [4.78, 5) is 14.8. The highest BCUT2D eigenvalue weighted by Crippen LogP contribution is 2.14. The molecule has 4 nitrogen and oxygen atoms in total. The van der Waals surface area contributed by atoms with Crippen molar-refractivity contribution in [1.82, 2.24) is 0 Å². The Balaban J connectivity index is 1.94. The predicted molar refractivity (Wildman–Crippen MR) is 98.1 cm³/mol. The van der Waals surface area contributed by atoms with Gasteiger partial charge in [0.2, 0.25) is 0 Å². The minimum Gasteiger partial charge on any atom is -0.324 e. The monoisotopic (exact) mass is 340 g/mol. The maximum atomic E-state index is 12.4. The van der Waals surface area contributed by atoms with Crippen LogP contribution in [0, 0.1) is 11.3 Å². The first-order valence-corrected chi connectivity index (χ1v) is 9.02. The summed E-state index contributed by atoms with van der Waals surface area (Å²) in [5.74, 6) is -0.0297. The van der Waals surface area contributed by atoms with Crippen LogP contribution in [0.15, 0.2) is 53.4 Å². The minimum absolute atomic E-state index is 0.0297. The van der Waals surface area contributed by atoms with Gasteiger partial charge in [0, 0.05) is 16.1 Å². The molecule has 0 radical (unpaired) electrons. The first kappa shape index (κ1) is 18.1. The average Bonchev–Trinajstić information content (AvgIpc) is 2.62. The molecule has 2 atom stereocenters. The molecule has 0 heterocycles. The van der Waals surface area contributed by atoms with Crippen LogP contribution in [0.2, 0.25) is 0 Å². The van der Waals surface area contributed by atoms with Gasteiger partial charge in [-0.3, -0.25) is 4.79 Å². The third kappa shape index (κ3) is 4.85. The summed E-state index contributed by atoms with van der Waals surface area (Å²) in [5.41, 5.74) is 2.50. The Morgan fingerprint density at radius 1 is 1.21 bits per heavy atom. The average molecular weight is 340 g/mol. The number of anilines is 1. The lowest BCUT2D eigenvalue weighted by Crippen LogP contribution is -3.12. The van der Waals surface area contributed by atoms with Crippen LogP contribution in [-0.4, -0.2) is 25.3 Å². The van der Waals surface area contributed by atoms with E-state index in [9.17, 15) is 4.79 Å². The van der Waals surface area contributed by atoms with Crippen LogP contribution in [-0.2, 0) is 11.3 Å². The van der Waals surface area contributed by atoms with E-state index in [0.29, 0.717) is 11.3 Å². The highest BCUT2D eigenvalue weighted by atomic mass is 32.2. The van der Waals surface area contributed by atoms with Gasteiger partial charge in [0.05, 0.1) is 18.7 Å². The summed E-state index contributed by atoms with van der Waals surface area (Å²) in [7, 11) is 2.02. The number of carbonyl (C=O) groups excluding carboxylic acids is 1. The van der Waals surface area contributed by atoms with Crippen LogP contribution < -0.4 is 10.2 Å². The molecule has 124 valence electrons. The van der Waals surface area contributed by atoms with Crippen LogP contribution in [0.25, 0.3) is 0 Å². The van der Waals surface area contributed by atoms with Gasteiger partial charge in [0.15, 0.2) is 6.04 Å². The van der Waals surface area contributed by atoms with E-state index >= 15 is 0 Å². The second-order valence-corrected chi connectivity index (χ2v) is 6.65. The van der Waals surface area contributed by atoms with E-state index in [0.717, 1.165) is 11.4 Å². The topological polar surface area (TPSA) is 57.3 Å². The Bertz CT molecular complexity index is 720. The Hall–Kier alpha value is -2.29. The fourth-order valence-electron chi connectivity index (χ4n) is 2.32. The third-order valence-corrected chi connectivity index (χ3v) is 4.80. The normalized spacial score (nSPS) is 12.9. The number of hydrogen-bond acceptors (Lipinski definition) is 3. The summed E-state index contributed by atoms with van der Waals surface area (Å²) in [6.45, 7) is 2.71. The molecule has 5 heteroatoms. The van der Waals surface area contributed by atoms with Gasteiger partial charge in [-0.2, -0.15) is 5.26 Å². The summed E-state index contributed by atoms with van der Waals surface area (Å²) in [6, 6.07) is 17.2. The Morgan fingerprint density at radius 2 is 1.83 bits per heavy atom. The second-order valence-electron chi connectivity index (χ2n) is 5.77. The lowest BCUT2D eigenvalue weighted by Gasteiger charge is -2.21. The van der Waals surface area contributed by atoms with E-state index in [-0.39, 0.29) is 11.9 Å². The zero-order valence-corrected chi connectivity index (χ0v) is 15.0. The number of quaternary nitrogens is 1. The molecule has 2 aromatic rings. The van der Waals surface area contributed by atoms with Crippen LogP contribution in [0.3, 0.4) is 0 Å². The van der Waals surface area contributed by atoms with Gasteiger partial charge < -0.3 is 10.2 Å². The van der Waals surface area contributed by atoms with Crippen LogP contribution in [0.5, 0.6) is 0 Å². The van der Waals surface area contributed by atoms with E-state index in [1.54, 1.807) is 36.0 Å². The zero-order valence-electron chi connectivity index (χ0n) is 14.2. The predicted octanol–water partition coefficient (Wildman–Crippen LogP) is 2.32. The molecule has 0 aliphatic carbocycles. The molecule has 2 aromatic carbocycles. The Morgan fingerprint density at radius 3 is 2.38 bits per heavy atom. The number of amides is 1. The van der Waals surface area contributed by atoms with Crippen LogP contribution >= 0.6 is 11.8 Å². The number of hydrogen-bond donors (Lipinski definition) is 2. The summed E-state index contributed by atoms with van der Waals surface area (Å²) in [6.07, 6.45) is 2.06. The van der Waals surface area contributed by atoms with Crippen LogP contribution in [0.1, 0.15) is 18.1 Å². The van der Waals surface area contributed by atoms with Gasteiger partial charge in [-0.15, -0.1) is 11.8 Å². The number of nitrogens with one attached hydrogen (secondary N) is 2. The number of likely N-dealkylation sites (N-methyl/N-ethyl adjacent to an activating group) is 1. The zero-order chi connectivity index (χ0) is 17.5. The Kier molecular flexibility index (Phi) is 6.42. The number of nitriles is 1. The summed E-state index contributed by atoms with van der Waals surface area (Å²) < 4.78 is 0. The van der Waals surface area contributed by atoms with Gasteiger partial charge in [0.25, 0.3) is 5.91 Å². The molecule has 2 rings (SSSR count). The molecule has 0 aliphatic rings. The summed E-state index contributed by atoms with van der Waals surface area (Å²) in [5, 5.41) is 11.7. The molecule has 0 fully saturated rings. The molecule has 2 N–H and O–H groups in total. The molecule has 24 heavy (non-hydrogen) atoms. The molecule has 0 aliphatic heterocycles. The molecule has 0 spiro atoms. The number of benzene rings is 2. The Labute approximate surface area is 147 Å². The SMILES string of the molecule is CSc1ccc(C[NH+](C)[C@@H](C)C(=O)Nc2ccc(C#N)cc2)cc1. The first-order chi connectivity index (χ1) is 11.5. The van der Waals surface area contributed by atoms with Gasteiger partial charge in [-0.25, -0.2) is 0 Å². The third-order valence-electron chi connectivity index (χ3n) is 4.06. The van der Waals surface area contributed by atoms with E-state index in [1.165, 1.54) is 10.5 Å². The molecule has 0 bridgehead atoms. The molecule has 0 aromatic heterocycles. The van der Waals surface area contributed by atoms with Gasteiger partial charge in [-0.05, 0) is 49.6 Å². The van der Waals surface area contributed by atoms with E-state index < -0.39 is 0 Å². The van der Waals surface area contributed by atoms with Crippen molar-refractivity contribution < 1.29 is 9.69 Å². The van der Waals surface area contributed by atoms with Crippen molar-refractivity contribution in [3.05, 3.63) is 59.7 Å². The standard InChI is InChI=1S/C19H21N3OS/c1-14(19(23)21-17-8-4-15(12-20)5-9-17)22(2)13-16-6-10-18(24-3)11-7-16/h4-11,14H,13H2,1-3H3,(H,21,23)/p+1/t14-/m0/s1. The van der Waals surface area contributed by atoms with Crippen molar-refractivity contribution in [2.75, 3.05) is 18.6 Å². The number of thioether (sulfide) groups is 1. The van der Waals surface area contributed by atoms with E-state index in [4.69, 9.17) is 5.26 Å². The van der Waals surface area contributed by atoms with Gasteiger partial charge >= 0.3 is 0 Å². The fraction of sp³-hybridized carbons (Fsp3) is 0.263. The lowest BCUT2D eigenvalue weighted by atomic mass is 10.1. The van der Waals surface area contributed by atoms with Crippen molar-refractivity contribution >= 4 is 23.4 Å². The highest BCUT2D eigenvalue weighted by molar-refractivity contribution is 7.98. The maximum Gasteiger partial charge on any atom is 0.282 e. The quantitative estimate of drug-likeness (QED) is 0.794. The molecule has 0 saturated carbocycles. The van der Waals surface area contributed by atoms with E-state index in [1.807, 2.05) is 14.0 Å². The summed E-state index contributed by atoms with van der Waals surface area (Å²) >= 11 is 1.72. The molecule has 1 unspecified atom stereocenters. The first-order valence-electron chi connectivity index (χ1n) is 7.79. The smallest absolute Gasteiger partial charge is 0.282 e. The molecular formula is C19H22N3OS+. The van der Waals surface area contributed by atoms with Crippen molar-refractivity contribution in [3.63, 3.8) is 0 Å². The van der Waals surface area contributed by atoms with Crippen LogP contribution in [0.4, 0.5) is 5.69 Å². The number of carbonyl (C=O) groups is 1. The molecule has 0 saturated heterocycles. The van der Waals surface area contributed by atoms with Gasteiger partial charge in [-0.1, -0.05) is 12.1 Å². The number of nitrogens with zero attached hydrogens (tertiary/aromatic N) is 1. The maximum absolute atomic E-state index is 12.4. The van der Waals surface area contributed by atoms with Crippen molar-refractivity contribution in [1.29, 1.82) is 5.26 Å². The highest BCUT2D eigenvalue weighted by Gasteiger charge is 2.22. The van der Waals surface area contributed by atoms with Crippen molar-refractivity contribution in [2.45, 2.75) is 24.4 Å². The number of rotatable bonds is 6. The van der Waals surface area contributed by atoms with Gasteiger partial charge in [0.1, 0.15) is 6.54 Å². The molecular weight excluding hydrogens is 318 g/mol. The largest absolute Gasteiger partial charge is 0.324 e. The van der Waals surface area contributed by atoms with Crippen molar-refractivity contribution in [3.8, 4) is 6.07 Å². The molecule has 1 amide bonds. The fourth-order valence-corrected chi connectivity index (χ4v) is 2.73. The van der Waals surface area contributed by atoms with Crippen molar-refractivity contribution in [2.24, 2.45) is 0 Å².